The fourth-order valence-electron chi connectivity index (χ4n) is 3.47. The molecule has 30 heavy (non-hydrogen) atoms. The second kappa shape index (κ2) is 8.51. The summed E-state index contributed by atoms with van der Waals surface area (Å²) in [6.45, 7) is 4.77. The summed E-state index contributed by atoms with van der Waals surface area (Å²) in [6.07, 6.45) is 2.12. The number of carbonyl (C=O) groups is 2. The summed E-state index contributed by atoms with van der Waals surface area (Å²) in [4.78, 5) is 30.8. The molecule has 0 saturated carbocycles. The number of ether oxygens (including phenoxy) is 1. The minimum absolute atomic E-state index is 0.0848. The number of primary amides is 1. The Bertz CT molecular complexity index is 1080. The van der Waals surface area contributed by atoms with E-state index in [9.17, 15) is 9.59 Å². The molecule has 0 bridgehead atoms. The molecule has 3 aromatic rings. The highest BCUT2D eigenvalue weighted by atomic mass is 32.1. The molecule has 6 nitrogen and oxygen atoms in total. The van der Waals surface area contributed by atoms with Gasteiger partial charge >= 0.3 is 0 Å². The zero-order valence-corrected chi connectivity index (χ0v) is 17.1. The van der Waals surface area contributed by atoms with Crippen molar-refractivity contribution in [2.24, 2.45) is 5.73 Å². The Kier molecular flexibility index (Phi) is 5.63. The molecule has 0 aliphatic carbocycles. The van der Waals surface area contributed by atoms with E-state index < -0.39 is 5.91 Å². The number of nitrogens with two attached hydrogens (primary N) is 1. The molecule has 4 rings (SSSR count). The number of benzene rings is 2. The number of hydrogen-bond acceptors (Lipinski definition) is 5. The van der Waals surface area contributed by atoms with Crippen molar-refractivity contribution in [2.45, 2.75) is 12.3 Å². The average Bonchev–Trinajstić information content (AvgIpc) is 3.42. The highest BCUT2D eigenvalue weighted by Crippen LogP contribution is 2.36. The second-order valence-electron chi connectivity index (χ2n) is 7.01. The van der Waals surface area contributed by atoms with Gasteiger partial charge in [-0.1, -0.05) is 24.8 Å². The van der Waals surface area contributed by atoms with Crippen molar-refractivity contribution in [2.75, 3.05) is 13.1 Å². The molecular weight excluding hydrogens is 398 g/mol. The zero-order chi connectivity index (χ0) is 21.1. The summed E-state index contributed by atoms with van der Waals surface area (Å²) in [5, 5.41) is 0.822. The van der Waals surface area contributed by atoms with E-state index >= 15 is 0 Å². The Balaban J connectivity index is 1.57. The van der Waals surface area contributed by atoms with Gasteiger partial charge in [0.25, 0.3) is 5.91 Å². The monoisotopic (exact) mass is 419 g/mol. The quantitative estimate of drug-likeness (QED) is 0.607. The Hall–Kier alpha value is -3.45. The van der Waals surface area contributed by atoms with Crippen LogP contribution in [0.15, 0.2) is 67.3 Å². The maximum Gasteiger partial charge on any atom is 0.261 e. The number of amides is 2. The lowest BCUT2D eigenvalue weighted by molar-refractivity contribution is -0.125. The van der Waals surface area contributed by atoms with Crippen LogP contribution in [0.2, 0.25) is 0 Å². The van der Waals surface area contributed by atoms with Gasteiger partial charge in [-0.3, -0.25) is 9.59 Å². The Morgan fingerprint density at radius 3 is 2.50 bits per heavy atom. The van der Waals surface area contributed by atoms with Crippen LogP contribution in [0.4, 0.5) is 0 Å². The summed E-state index contributed by atoms with van der Waals surface area (Å²) < 4.78 is 5.82. The third-order valence-corrected chi connectivity index (χ3v) is 6.23. The number of nitrogens with zero attached hydrogens (tertiary/aromatic N) is 2. The van der Waals surface area contributed by atoms with Crippen LogP contribution in [0.1, 0.15) is 27.0 Å². The summed E-state index contributed by atoms with van der Waals surface area (Å²) in [7, 11) is 0. The van der Waals surface area contributed by atoms with Gasteiger partial charge in [0.05, 0.1) is 10.7 Å². The van der Waals surface area contributed by atoms with Gasteiger partial charge in [0.2, 0.25) is 5.91 Å². The van der Waals surface area contributed by atoms with Gasteiger partial charge < -0.3 is 15.4 Å². The second-order valence-corrected chi connectivity index (χ2v) is 8.04. The molecule has 2 heterocycles. The molecule has 1 unspecified atom stereocenters. The predicted octanol–water partition coefficient (Wildman–Crippen LogP) is 4.20. The molecule has 1 atom stereocenters. The summed E-state index contributed by atoms with van der Waals surface area (Å²) in [5.41, 5.74) is 6.99. The SMILES string of the molecule is C=CC(=O)N1CCC(c2nc(-c3ccc(Oc4ccccc4)cc3)c(C(N)=O)s2)C1. The lowest BCUT2D eigenvalue weighted by Crippen LogP contribution is -2.26. The number of hydrogen-bond donors (Lipinski definition) is 1. The van der Waals surface area contributed by atoms with E-state index in [2.05, 4.69) is 6.58 Å². The van der Waals surface area contributed by atoms with E-state index in [0.717, 1.165) is 22.7 Å². The van der Waals surface area contributed by atoms with E-state index in [1.807, 2.05) is 54.6 Å². The fourth-order valence-corrected chi connectivity index (χ4v) is 4.54. The molecule has 2 aromatic carbocycles. The first-order valence-corrected chi connectivity index (χ1v) is 10.4. The lowest BCUT2D eigenvalue weighted by Gasteiger charge is -2.12. The number of thiazole rings is 1. The third-order valence-electron chi connectivity index (χ3n) is 5.00. The first kappa shape index (κ1) is 19.8. The van der Waals surface area contributed by atoms with Gasteiger partial charge in [0.15, 0.2) is 0 Å². The van der Waals surface area contributed by atoms with E-state index in [4.69, 9.17) is 15.5 Å². The molecule has 7 heteroatoms. The van der Waals surface area contributed by atoms with Gasteiger partial charge in [-0.2, -0.15) is 0 Å². The van der Waals surface area contributed by atoms with Gasteiger partial charge in [0, 0.05) is 24.6 Å². The molecule has 2 amide bonds. The van der Waals surface area contributed by atoms with Crippen LogP contribution >= 0.6 is 11.3 Å². The van der Waals surface area contributed by atoms with Crippen molar-refractivity contribution in [3.8, 4) is 22.8 Å². The normalized spacial score (nSPS) is 15.7. The minimum Gasteiger partial charge on any atom is -0.457 e. The summed E-state index contributed by atoms with van der Waals surface area (Å²) >= 11 is 1.31. The Morgan fingerprint density at radius 2 is 1.83 bits per heavy atom. The molecule has 1 aliphatic rings. The molecule has 152 valence electrons. The first-order valence-electron chi connectivity index (χ1n) is 9.60. The topological polar surface area (TPSA) is 85.5 Å². The number of carbonyl (C=O) groups excluding carboxylic acids is 2. The van der Waals surface area contributed by atoms with Gasteiger partial charge in [0.1, 0.15) is 16.4 Å². The minimum atomic E-state index is -0.504. The van der Waals surface area contributed by atoms with Gasteiger partial charge in [-0.05, 0) is 48.9 Å². The maximum atomic E-state index is 12.0. The molecule has 1 aromatic heterocycles. The summed E-state index contributed by atoms with van der Waals surface area (Å²) in [6, 6.07) is 16.9. The molecule has 1 aliphatic heterocycles. The third kappa shape index (κ3) is 4.11. The average molecular weight is 420 g/mol. The van der Waals surface area contributed by atoms with Gasteiger partial charge in [-0.25, -0.2) is 4.98 Å². The lowest BCUT2D eigenvalue weighted by atomic mass is 10.1. The van der Waals surface area contributed by atoms with Crippen LogP contribution in [-0.4, -0.2) is 34.8 Å². The number of para-hydroxylation sites is 1. The van der Waals surface area contributed by atoms with Crippen LogP contribution < -0.4 is 10.5 Å². The molecule has 0 spiro atoms. The molecule has 1 saturated heterocycles. The highest BCUT2D eigenvalue weighted by Gasteiger charge is 2.30. The standard InChI is InChI=1S/C23H21N3O3S/c1-2-19(27)26-13-12-16(14-26)23-25-20(21(30-23)22(24)28)15-8-10-18(11-9-15)29-17-6-4-3-5-7-17/h2-11,16H,1,12-14H2,(H2,24,28). The Labute approximate surface area is 178 Å². The predicted molar refractivity (Wildman–Crippen MR) is 117 cm³/mol. The van der Waals surface area contributed by atoms with Crippen LogP contribution in [0.3, 0.4) is 0 Å². The van der Waals surface area contributed by atoms with E-state index in [1.54, 1.807) is 4.90 Å². The van der Waals surface area contributed by atoms with E-state index in [-0.39, 0.29) is 11.8 Å². The van der Waals surface area contributed by atoms with Crippen LogP contribution in [0.25, 0.3) is 11.3 Å². The first-order chi connectivity index (χ1) is 14.5. The summed E-state index contributed by atoms with van der Waals surface area (Å²) in [5.74, 6) is 0.939. The van der Waals surface area contributed by atoms with Crippen molar-refractivity contribution in [3.05, 3.63) is 77.1 Å². The van der Waals surface area contributed by atoms with Crippen LogP contribution in [0, 0.1) is 0 Å². The van der Waals surface area contributed by atoms with Crippen molar-refractivity contribution in [1.29, 1.82) is 0 Å². The van der Waals surface area contributed by atoms with E-state index in [0.29, 0.717) is 29.4 Å². The van der Waals surface area contributed by atoms with Crippen molar-refractivity contribution in [1.82, 2.24) is 9.88 Å². The van der Waals surface area contributed by atoms with Crippen molar-refractivity contribution >= 4 is 23.2 Å². The van der Waals surface area contributed by atoms with Gasteiger partial charge in [-0.15, -0.1) is 11.3 Å². The Morgan fingerprint density at radius 1 is 1.13 bits per heavy atom. The van der Waals surface area contributed by atoms with Crippen LogP contribution in [-0.2, 0) is 4.79 Å². The number of likely N-dealkylation sites (tertiary alicyclic amines) is 1. The van der Waals surface area contributed by atoms with Crippen molar-refractivity contribution in [3.63, 3.8) is 0 Å². The molecular formula is C23H21N3O3S. The highest BCUT2D eigenvalue weighted by molar-refractivity contribution is 7.14. The molecule has 1 fully saturated rings. The molecule has 2 N–H and O–H groups in total. The largest absolute Gasteiger partial charge is 0.457 e. The number of aromatic nitrogens is 1. The maximum absolute atomic E-state index is 12.0. The molecule has 0 radical (unpaired) electrons. The van der Waals surface area contributed by atoms with Crippen molar-refractivity contribution < 1.29 is 14.3 Å². The fraction of sp³-hybridized carbons (Fsp3) is 0.174. The van der Waals surface area contributed by atoms with E-state index in [1.165, 1.54) is 17.4 Å². The van der Waals surface area contributed by atoms with Crippen LogP contribution in [0.5, 0.6) is 11.5 Å². The smallest absolute Gasteiger partial charge is 0.261 e. The number of rotatable bonds is 6. The zero-order valence-electron chi connectivity index (χ0n) is 16.3.